The molecule has 1 saturated carbocycles. The minimum atomic E-state index is 0.665. The molecule has 0 aliphatic heterocycles. The van der Waals surface area contributed by atoms with Crippen LogP contribution in [0.15, 0.2) is 24.5 Å². The lowest BCUT2D eigenvalue weighted by Crippen LogP contribution is -2.49. The van der Waals surface area contributed by atoms with Gasteiger partial charge in [0.05, 0.1) is 0 Å². The van der Waals surface area contributed by atoms with E-state index in [9.17, 15) is 0 Å². The Balaban J connectivity index is 1.90. The maximum atomic E-state index is 4.10. The van der Waals surface area contributed by atoms with Gasteiger partial charge in [-0.05, 0) is 50.6 Å². The molecule has 1 heterocycles. The zero-order valence-corrected chi connectivity index (χ0v) is 13.7. The molecule has 1 aliphatic rings. The number of nitrogens with zero attached hydrogens (tertiary/aromatic N) is 2. The van der Waals surface area contributed by atoms with E-state index >= 15 is 0 Å². The summed E-state index contributed by atoms with van der Waals surface area (Å²) in [5.41, 5.74) is 1.39. The molecule has 0 saturated heterocycles. The first-order valence-corrected chi connectivity index (χ1v) is 8.63. The predicted molar refractivity (Wildman–Crippen MR) is 89.5 cm³/mol. The first-order chi connectivity index (χ1) is 10.3. The van der Waals surface area contributed by atoms with Gasteiger partial charge in [-0.15, -0.1) is 0 Å². The molecule has 0 bridgehead atoms. The fourth-order valence-electron chi connectivity index (χ4n) is 3.51. The number of hydrogen-bond acceptors (Lipinski definition) is 3. The molecule has 2 unspecified atom stereocenters. The lowest BCUT2D eigenvalue weighted by atomic mass is 9.91. The quantitative estimate of drug-likeness (QED) is 0.871. The van der Waals surface area contributed by atoms with Crippen LogP contribution in [0.4, 0.5) is 0 Å². The summed E-state index contributed by atoms with van der Waals surface area (Å²) in [5.74, 6) is 0. The van der Waals surface area contributed by atoms with Crippen LogP contribution in [0, 0.1) is 0 Å². The zero-order chi connectivity index (χ0) is 14.9. The average Bonchev–Trinajstić information content (AvgIpc) is 2.49. The van der Waals surface area contributed by atoms with Gasteiger partial charge in [-0.3, -0.25) is 4.98 Å². The summed E-state index contributed by atoms with van der Waals surface area (Å²) in [6.45, 7) is 4.45. The van der Waals surface area contributed by atoms with Crippen molar-refractivity contribution in [3.63, 3.8) is 0 Å². The molecule has 1 aliphatic carbocycles. The van der Waals surface area contributed by atoms with Crippen LogP contribution in [0.1, 0.15) is 51.0 Å². The molecule has 1 fully saturated rings. The Morgan fingerprint density at radius 1 is 1.14 bits per heavy atom. The molecule has 0 spiro atoms. The molecule has 0 amide bonds. The Morgan fingerprint density at radius 3 is 2.57 bits per heavy atom. The second-order valence-corrected chi connectivity index (χ2v) is 6.31. The first-order valence-electron chi connectivity index (χ1n) is 8.63. The van der Waals surface area contributed by atoms with Gasteiger partial charge < -0.3 is 10.2 Å². The number of likely N-dealkylation sites (N-methyl/N-ethyl adjacent to an activating group) is 2. The zero-order valence-electron chi connectivity index (χ0n) is 13.7. The second kappa shape index (κ2) is 9.16. The van der Waals surface area contributed by atoms with Gasteiger partial charge in [-0.1, -0.05) is 32.6 Å². The Labute approximate surface area is 130 Å². The summed E-state index contributed by atoms with van der Waals surface area (Å²) >= 11 is 0. The molecule has 2 rings (SSSR count). The van der Waals surface area contributed by atoms with Crippen LogP contribution >= 0.6 is 0 Å². The standard InChI is InChI=1S/C18H31N3/c1-3-20-17-8-6-4-5-7-9-18(17)21(2)15-12-16-10-13-19-14-11-16/h10-11,13-14,17-18,20H,3-9,12,15H2,1-2H3. The average molecular weight is 289 g/mol. The van der Waals surface area contributed by atoms with Gasteiger partial charge in [0.2, 0.25) is 0 Å². The molecule has 0 radical (unpaired) electrons. The van der Waals surface area contributed by atoms with Crippen molar-refractivity contribution in [3.05, 3.63) is 30.1 Å². The largest absolute Gasteiger partial charge is 0.313 e. The van der Waals surface area contributed by atoms with Crippen LogP contribution in [0.2, 0.25) is 0 Å². The van der Waals surface area contributed by atoms with E-state index < -0.39 is 0 Å². The van der Waals surface area contributed by atoms with Crippen molar-refractivity contribution < 1.29 is 0 Å². The van der Waals surface area contributed by atoms with Gasteiger partial charge in [-0.25, -0.2) is 0 Å². The molecule has 118 valence electrons. The maximum Gasteiger partial charge on any atom is 0.0270 e. The summed E-state index contributed by atoms with van der Waals surface area (Å²) in [7, 11) is 2.30. The van der Waals surface area contributed by atoms with E-state index in [-0.39, 0.29) is 0 Å². The fraction of sp³-hybridized carbons (Fsp3) is 0.722. The van der Waals surface area contributed by atoms with E-state index in [4.69, 9.17) is 0 Å². The summed E-state index contributed by atoms with van der Waals surface area (Å²) in [4.78, 5) is 6.68. The third kappa shape index (κ3) is 5.40. The van der Waals surface area contributed by atoms with Gasteiger partial charge in [0, 0.05) is 31.0 Å². The van der Waals surface area contributed by atoms with E-state index in [1.54, 1.807) is 0 Å². The molecule has 1 N–H and O–H groups in total. The molecule has 21 heavy (non-hydrogen) atoms. The van der Waals surface area contributed by atoms with E-state index in [0.717, 1.165) is 19.5 Å². The minimum absolute atomic E-state index is 0.665. The lowest BCUT2D eigenvalue weighted by Gasteiger charge is -2.36. The second-order valence-electron chi connectivity index (χ2n) is 6.31. The summed E-state index contributed by atoms with van der Waals surface area (Å²) in [6.07, 6.45) is 13.2. The Kier molecular flexibility index (Phi) is 7.17. The van der Waals surface area contributed by atoms with E-state index in [2.05, 4.69) is 41.3 Å². The van der Waals surface area contributed by atoms with Crippen LogP contribution < -0.4 is 5.32 Å². The Bertz CT molecular complexity index is 379. The van der Waals surface area contributed by atoms with Crippen LogP contribution in [0.5, 0.6) is 0 Å². The molecule has 1 aromatic heterocycles. The van der Waals surface area contributed by atoms with Crippen LogP contribution in [0.25, 0.3) is 0 Å². The highest BCUT2D eigenvalue weighted by molar-refractivity contribution is 5.10. The molecule has 2 atom stereocenters. The van der Waals surface area contributed by atoms with Crippen molar-refractivity contribution in [1.82, 2.24) is 15.2 Å². The minimum Gasteiger partial charge on any atom is -0.313 e. The molecular weight excluding hydrogens is 258 g/mol. The highest BCUT2D eigenvalue weighted by Gasteiger charge is 2.25. The molecule has 3 nitrogen and oxygen atoms in total. The highest BCUT2D eigenvalue weighted by Crippen LogP contribution is 2.21. The third-order valence-electron chi connectivity index (χ3n) is 4.76. The van der Waals surface area contributed by atoms with E-state index in [1.807, 2.05) is 12.4 Å². The fourth-order valence-corrected chi connectivity index (χ4v) is 3.51. The van der Waals surface area contributed by atoms with Crippen molar-refractivity contribution in [1.29, 1.82) is 0 Å². The Morgan fingerprint density at radius 2 is 1.86 bits per heavy atom. The maximum absolute atomic E-state index is 4.10. The van der Waals surface area contributed by atoms with Gasteiger partial charge in [0.1, 0.15) is 0 Å². The molecule has 1 aromatic rings. The van der Waals surface area contributed by atoms with Crippen molar-refractivity contribution in [2.24, 2.45) is 0 Å². The summed E-state index contributed by atoms with van der Waals surface area (Å²) in [6, 6.07) is 5.62. The first kappa shape index (κ1) is 16.4. The van der Waals surface area contributed by atoms with E-state index in [1.165, 1.54) is 44.1 Å². The normalized spacial score (nSPS) is 23.8. The van der Waals surface area contributed by atoms with Crippen LogP contribution in [0.3, 0.4) is 0 Å². The number of nitrogens with one attached hydrogen (secondary N) is 1. The number of pyridine rings is 1. The van der Waals surface area contributed by atoms with Crippen molar-refractivity contribution >= 4 is 0 Å². The van der Waals surface area contributed by atoms with Crippen molar-refractivity contribution in [2.75, 3.05) is 20.1 Å². The van der Waals surface area contributed by atoms with Gasteiger partial charge in [0.25, 0.3) is 0 Å². The predicted octanol–water partition coefficient (Wildman–Crippen LogP) is 3.26. The Hall–Kier alpha value is -0.930. The smallest absolute Gasteiger partial charge is 0.0270 e. The van der Waals surface area contributed by atoms with Crippen molar-refractivity contribution in [3.8, 4) is 0 Å². The monoisotopic (exact) mass is 289 g/mol. The van der Waals surface area contributed by atoms with Gasteiger partial charge in [-0.2, -0.15) is 0 Å². The highest BCUT2D eigenvalue weighted by atomic mass is 15.2. The number of rotatable bonds is 6. The van der Waals surface area contributed by atoms with E-state index in [0.29, 0.717) is 12.1 Å². The SMILES string of the molecule is CCNC1CCCCCCC1N(C)CCc1ccncc1. The summed E-state index contributed by atoms with van der Waals surface area (Å²) in [5, 5.41) is 3.73. The lowest BCUT2D eigenvalue weighted by molar-refractivity contribution is 0.165. The van der Waals surface area contributed by atoms with Crippen molar-refractivity contribution in [2.45, 2.75) is 64.0 Å². The van der Waals surface area contributed by atoms with Crippen LogP contribution in [-0.2, 0) is 6.42 Å². The topological polar surface area (TPSA) is 28.2 Å². The van der Waals surface area contributed by atoms with Gasteiger partial charge >= 0.3 is 0 Å². The van der Waals surface area contributed by atoms with Gasteiger partial charge in [0.15, 0.2) is 0 Å². The number of hydrogen-bond donors (Lipinski definition) is 1. The number of aromatic nitrogens is 1. The summed E-state index contributed by atoms with van der Waals surface area (Å²) < 4.78 is 0. The third-order valence-corrected chi connectivity index (χ3v) is 4.76. The molecule has 0 aromatic carbocycles. The van der Waals surface area contributed by atoms with Crippen LogP contribution in [-0.4, -0.2) is 42.1 Å². The molecule has 3 heteroatoms. The molecular formula is C18H31N3.